The average Bonchev–Trinajstić information content (AvgIpc) is 2.47. The fourth-order valence-corrected chi connectivity index (χ4v) is 3.10. The van der Waals surface area contributed by atoms with Crippen LogP contribution in [-0.2, 0) is 6.18 Å². The molecule has 1 aromatic carbocycles. The summed E-state index contributed by atoms with van der Waals surface area (Å²) in [5, 5.41) is 9.60. The SMILES string of the molecule is O=c1c(-c2ccccc2C(F)(F)F)c(O)sc2cccnc12. The zero-order valence-corrected chi connectivity index (χ0v) is 11.7. The van der Waals surface area contributed by atoms with Crippen molar-refractivity contribution in [2.75, 3.05) is 0 Å². The monoisotopic (exact) mass is 323 g/mol. The molecular formula is C15H8F3NO2S. The smallest absolute Gasteiger partial charge is 0.417 e. The Kier molecular flexibility index (Phi) is 3.37. The Morgan fingerprint density at radius 1 is 1.09 bits per heavy atom. The molecule has 112 valence electrons. The van der Waals surface area contributed by atoms with Crippen LogP contribution >= 0.6 is 11.3 Å². The van der Waals surface area contributed by atoms with E-state index >= 15 is 0 Å². The number of aromatic nitrogens is 1. The lowest BCUT2D eigenvalue weighted by Crippen LogP contribution is -2.12. The van der Waals surface area contributed by atoms with Crippen LogP contribution in [0.5, 0.6) is 5.06 Å². The maximum Gasteiger partial charge on any atom is 0.417 e. The van der Waals surface area contributed by atoms with Gasteiger partial charge in [0.15, 0.2) is 5.06 Å². The van der Waals surface area contributed by atoms with E-state index in [4.69, 9.17) is 0 Å². The van der Waals surface area contributed by atoms with Crippen LogP contribution in [0.15, 0.2) is 47.4 Å². The van der Waals surface area contributed by atoms with Gasteiger partial charge in [0.1, 0.15) is 5.52 Å². The first kappa shape index (κ1) is 14.5. The van der Waals surface area contributed by atoms with Crippen molar-refractivity contribution in [2.24, 2.45) is 0 Å². The van der Waals surface area contributed by atoms with Gasteiger partial charge in [0, 0.05) is 11.8 Å². The minimum Gasteiger partial charge on any atom is -0.499 e. The molecule has 0 saturated heterocycles. The molecule has 0 atom stereocenters. The number of hydrogen-bond acceptors (Lipinski definition) is 4. The van der Waals surface area contributed by atoms with Gasteiger partial charge in [0.25, 0.3) is 0 Å². The van der Waals surface area contributed by atoms with Crippen molar-refractivity contribution in [3.05, 3.63) is 58.4 Å². The van der Waals surface area contributed by atoms with Gasteiger partial charge in [-0.05, 0) is 18.2 Å². The average molecular weight is 323 g/mol. The van der Waals surface area contributed by atoms with E-state index in [1.165, 1.54) is 24.4 Å². The van der Waals surface area contributed by atoms with E-state index in [2.05, 4.69) is 4.98 Å². The van der Waals surface area contributed by atoms with Crippen molar-refractivity contribution in [1.82, 2.24) is 4.98 Å². The van der Waals surface area contributed by atoms with Crippen LogP contribution in [0.3, 0.4) is 0 Å². The topological polar surface area (TPSA) is 50.2 Å². The predicted molar refractivity (Wildman–Crippen MR) is 78.0 cm³/mol. The zero-order chi connectivity index (χ0) is 15.9. The van der Waals surface area contributed by atoms with Crippen molar-refractivity contribution < 1.29 is 18.3 Å². The number of benzene rings is 1. The van der Waals surface area contributed by atoms with E-state index in [0.717, 1.165) is 17.4 Å². The molecule has 0 aliphatic carbocycles. The number of aromatic hydroxyl groups is 1. The molecule has 0 aliphatic rings. The van der Waals surface area contributed by atoms with Gasteiger partial charge < -0.3 is 5.11 Å². The summed E-state index contributed by atoms with van der Waals surface area (Å²) in [6.07, 6.45) is -3.24. The largest absolute Gasteiger partial charge is 0.499 e. The second-order valence-corrected chi connectivity index (χ2v) is 5.54. The summed E-state index contributed by atoms with van der Waals surface area (Å²) in [6.45, 7) is 0. The van der Waals surface area contributed by atoms with Gasteiger partial charge in [-0.2, -0.15) is 13.2 Å². The van der Waals surface area contributed by atoms with E-state index in [0.29, 0.717) is 4.70 Å². The Morgan fingerprint density at radius 3 is 2.55 bits per heavy atom. The molecule has 0 unspecified atom stereocenters. The second kappa shape index (κ2) is 5.10. The lowest BCUT2D eigenvalue weighted by atomic mass is 10.0. The molecule has 1 N–H and O–H groups in total. The highest BCUT2D eigenvalue weighted by molar-refractivity contribution is 7.20. The summed E-state index contributed by atoms with van der Waals surface area (Å²) >= 11 is 0.822. The van der Waals surface area contributed by atoms with Crippen molar-refractivity contribution >= 4 is 21.6 Å². The third-order valence-electron chi connectivity index (χ3n) is 3.14. The molecule has 0 bridgehead atoms. The summed E-state index contributed by atoms with van der Waals surface area (Å²) in [6, 6.07) is 7.82. The maximum atomic E-state index is 13.1. The molecule has 0 saturated carbocycles. The zero-order valence-electron chi connectivity index (χ0n) is 10.9. The lowest BCUT2D eigenvalue weighted by Gasteiger charge is -2.13. The molecule has 0 spiro atoms. The Labute approximate surface area is 126 Å². The number of halogens is 3. The first-order valence-electron chi connectivity index (χ1n) is 6.17. The van der Waals surface area contributed by atoms with Gasteiger partial charge in [-0.15, -0.1) is 0 Å². The minimum atomic E-state index is -4.63. The molecule has 3 rings (SSSR count). The Bertz CT molecular complexity index is 919. The summed E-state index contributed by atoms with van der Waals surface area (Å²) in [7, 11) is 0. The molecule has 7 heteroatoms. The summed E-state index contributed by atoms with van der Waals surface area (Å²) < 4.78 is 39.8. The van der Waals surface area contributed by atoms with Crippen LogP contribution in [0.25, 0.3) is 21.3 Å². The summed E-state index contributed by atoms with van der Waals surface area (Å²) in [4.78, 5) is 16.4. The number of hydrogen-bond donors (Lipinski definition) is 1. The van der Waals surface area contributed by atoms with E-state index in [1.54, 1.807) is 12.1 Å². The van der Waals surface area contributed by atoms with Gasteiger partial charge in [0.05, 0.1) is 15.8 Å². The Morgan fingerprint density at radius 2 is 1.82 bits per heavy atom. The fourth-order valence-electron chi connectivity index (χ4n) is 2.20. The highest BCUT2D eigenvalue weighted by atomic mass is 32.1. The van der Waals surface area contributed by atoms with Crippen LogP contribution in [-0.4, -0.2) is 10.1 Å². The second-order valence-electron chi connectivity index (χ2n) is 4.50. The number of rotatable bonds is 1. The van der Waals surface area contributed by atoms with E-state index in [1.807, 2.05) is 0 Å². The molecule has 0 fully saturated rings. The normalized spacial score (nSPS) is 11.8. The van der Waals surface area contributed by atoms with Crippen molar-refractivity contribution in [1.29, 1.82) is 0 Å². The third-order valence-corrected chi connectivity index (χ3v) is 4.08. The van der Waals surface area contributed by atoms with Crippen molar-refractivity contribution in [3.8, 4) is 16.2 Å². The highest BCUT2D eigenvalue weighted by Gasteiger charge is 2.34. The van der Waals surface area contributed by atoms with E-state index in [9.17, 15) is 23.1 Å². The number of pyridine rings is 1. The predicted octanol–water partition coefficient (Wildman–Crippen LogP) is 4.05. The number of nitrogens with zero attached hydrogens (tertiary/aromatic N) is 1. The molecule has 0 radical (unpaired) electrons. The van der Waals surface area contributed by atoms with E-state index in [-0.39, 0.29) is 16.6 Å². The molecule has 2 heterocycles. The fraction of sp³-hybridized carbons (Fsp3) is 0.0667. The number of alkyl halides is 3. The van der Waals surface area contributed by atoms with Crippen molar-refractivity contribution in [2.45, 2.75) is 6.18 Å². The minimum absolute atomic E-state index is 0.0391. The summed E-state index contributed by atoms with van der Waals surface area (Å²) in [5.74, 6) is 0. The van der Waals surface area contributed by atoms with Gasteiger partial charge >= 0.3 is 6.18 Å². The van der Waals surface area contributed by atoms with Crippen LogP contribution in [0.2, 0.25) is 0 Å². The molecule has 0 aliphatic heterocycles. The van der Waals surface area contributed by atoms with Gasteiger partial charge in [0.2, 0.25) is 5.43 Å². The molecule has 3 aromatic rings. The highest BCUT2D eigenvalue weighted by Crippen LogP contribution is 2.40. The van der Waals surface area contributed by atoms with Crippen LogP contribution in [0, 0.1) is 0 Å². The Balaban J connectivity index is 2.40. The first-order valence-corrected chi connectivity index (χ1v) is 6.98. The number of fused-ring (bicyclic) bond motifs is 1. The molecule has 0 amide bonds. The molecule has 22 heavy (non-hydrogen) atoms. The van der Waals surface area contributed by atoms with Crippen LogP contribution in [0.1, 0.15) is 5.56 Å². The first-order chi connectivity index (χ1) is 10.4. The summed E-state index contributed by atoms with van der Waals surface area (Å²) in [5.41, 5.74) is -2.36. The lowest BCUT2D eigenvalue weighted by molar-refractivity contribution is -0.137. The molecule has 3 nitrogen and oxygen atoms in total. The Hall–Kier alpha value is -2.41. The quantitative estimate of drug-likeness (QED) is 0.735. The van der Waals surface area contributed by atoms with Gasteiger partial charge in [-0.3, -0.25) is 9.78 Å². The van der Waals surface area contributed by atoms with Crippen LogP contribution in [0.4, 0.5) is 13.2 Å². The van der Waals surface area contributed by atoms with Crippen LogP contribution < -0.4 is 5.43 Å². The molecule has 2 aromatic heterocycles. The maximum absolute atomic E-state index is 13.1. The van der Waals surface area contributed by atoms with Gasteiger partial charge in [-0.1, -0.05) is 29.5 Å². The van der Waals surface area contributed by atoms with E-state index < -0.39 is 22.2 Å². The van der Waals surface area contributed by atoms with Crippen molar-refractivity contribution in [3.63, 3.8) is 0 Å². The standard InChI is InChI=1S/C15H8F3NO2S/c16-15(17,18)9-5-2-1-4-8(9)11-13(20)12-10(22-14(11)21)6-3-7-19-12/h1-7,21H. The third kappa shape index (κ3) is 2.33. The molecular weight excluding hydrogens is 315 g/mol. The van der Waals surface area contributed by atoms with Gasteiger partial charge in [-0.25, -0.2) is 0 Å².